The Balaban J connectivity index is 2.17. The van der Waals surface area contributed by atoms with Gasteiger partial charge in [-0.05, 0) is 50.5 Å². The summed E-state index contributed by atoms with van der Waals surface area (Å²) < 4.78 is 30.1. The zero-order valence-corrected chi connectivity index (χ0v) is 15.5. The molecule has 0 spiro atoms. The molecule has 1 amide bonds. The fourth-order valence-electron chi connectivity index (χ4n) is 3.08. The third-order valence-corrected chi connectivity index (χ3v) is 7.19. The van der Waals surface area contributed by atoms with Crippen molar-refractivity contribution in [2.24, 2.45) is 0 Å². The molecule has 7 heteroatoms. The molecule has 0 heterocycles. The number of carbonyl (C=O) groups is 1. The van der Waals surface area contributed by atoms with Gasteiger partial charge >= 0.3 is 0 Å². The summed E-state index contributed by atoms with van der Waals surface area (Å²) in [5.41, 5.74) is 0. The first-order chi connectivity index (χ1) is 11.4. The maximum Gasteiger partial charge on any atom is 0.241 e. The van der Waals surface area contributed by atoms with E-state index in [-0.39, 0.29) is 4.90 Å². The van der Waals surface area contributed by atoms with Gasteiger partial charge in [-0.1, -0.05) is 24.4 Å². The van der Waals surface area contributed by atoms with Gasteiger partial charge in [0.2, 0.25) is 5.91 Å². The van der Waals surface area contributed by atoms with Crippen molar-refractivity contribution in [1.29, 1.82) is 0 Å². The van der Waals surface area contributed by atoms with Gasteiger partial charge in [-0.3, -0.25) is 4.79 Å². The van der Waals surface area contributed by atoms with E-state index in [0.29, 0.717) is 44.0 Å². The lowest BCUT2D eigenvalue weighted by Gasteiger charge is -2.27. The first-order valence-electron chi connectivity index (χ1n) is 8.30. The molecule has 134 valence electrons. The Labute approximate surface area is 148 Å². The highest BCUT2D eigenvalue weighted by Crippen LogP contribution is 2.41. The monoisotopic (exact) mass is 373 g/mol. The Bertz CT molecular complexity index is 652. The predicted octanol–water partition coefficient (Wildman–Crippen LogP) is 2.97. The molecule has 1 N–H and O–H groups in total. The first kappa shape index (κ1) is 19.2. The minimum absolute atomic E-state index is 0.151. The quantitative estimate of drug-likeness (QED) is 0.711. The van der Waals surface area contributed by atoms with Gasteiger partial charge < -0.3 is 10.1 Å². The van der Waals surface area contributed by atoms with Crippen molar-refractivity contribution >= 4 is 27.3 Å². The van der Waals surface area contributed by atoms with Crippen LogP contribution >= 0.6 is 11.6 Å². The molecular formula is C17H24ClNO4S. The fourth-order valence-corrected chi connectivity index (χ4v) is 5.30. The Hall–Kier alpha value is -1.11. The van der Waals surface area contributed by atoms with Gasteiger partial charge in [0.25, 0.3) is 0 Å². The third-order valence-electron chi connectivity index (χ3n) is 4.42. The van der Waals surface area contributed by atoms with E-state index < -0.39 is 20.5 Å². The topological polar surface area (TPSA) is 72.5 Å². The highest BCUT2D eigenvalue weighted by atomic mass is 35.5. The Kier molecular flexibility index (Phi) is 6.66. The van der Waals surface area contributed by atoms with Crippen LogP contribution in [0.2, 0.25) is 5.02 Å². The summed E-state index contributed by atoms with van der Waals surface area (Å²) in [6, 6.07) is 6.02. The van der Waals surface area contributed by atoms with Gasteiger partial charge in [-0.2, -0.15) is 0 Å². The summed E-state index contributed by atoms with van der Waals surface area (Å²) >= 11 is 5.84. The summed E-state index contributed by atoms with van der Waals surface area (Å²) in [4.78, 5) is 12.9. The summed E-state index contributed by atoms with van der Waals surface area (Å²) in [6.45, 7) is 3.50. The maximum absolute atomic E-state index is 13.1. The normalized spacial score (nSPS) is 16.9. The maximum atomic E-state index is 13.1. The van der Waals surface area contributed by atoms with E-state index in [2.05, 4.69) is 5.32 Å². The Morgan fingerprint density at radius 1 is 1.25 bits per heavy atom. The van der Waals surface area contributed by atoms with Crippen LogP contribution in [0.4, 0.5) is 0 Å². The number of carbonyl (C=O) groups excluding carboxylic acids is 1. The van der Waals surface area contributed by atoms with Crippen molar-refractivity contribution in [3.8, 4) is 0 Å². The number of hydrogen-bond acceptors (Lipinski definition) is 4. The van der Waals surface area contributed by atoms with Crippen LogP contribution in [0, 0.1) is 0 Å². The van der Waals surface area contributed by atoms with Crippen LogP contribution < -0.4 is 5.32 Å². The number of hydrogen-bond donors (Lipinski definition) is 1. The molecule has 1 aromatic carbocycles. The lowest BCUT2D eigenvalue weighted by Crippen LogP contribution is -2.50. The highest BCUT2D eigenvalue weighted by molar-refractivity contribution is 7.93. The molecule has 1 aliphatic carbocycles. The zero-order valence-electron chi connectivity index (χ0n) is 13.9. The molecule has 0 atom stereocenters. The van der Waals surface area contributed by atoms with E-state index in [1.165, 1.54) is 24.3 Å². The van der Waals surface area contributed by atoms with E-state index in [1.54, 1.807) is 0 Å². The molecule has 1 aliphatic rings. The molecule has 2 rings (SSSR count). The van der Waals surface area contributed by atoms with Crippen LogP contribution in [0.15, 0.2) is 29.2 Å². The average molecular weight is 374 g/mol. The van der Waals surface area contributed by atoms with Crippen molar-refractivity contribution in [2.45, 2.75) is 48.7 Å². The number of rotatable bonds is 8. The van der Waals surface area contributed by atoms with Crippen LogP contribution in [0.5, 0.6) is 0 Å². The van der Waals surface area contributed by atoms with Crippen LogP contribution in [0.3, 0.4) is 0 Å². The smallest absolute Gasteiger partial charge is 0.241 e. The highest BCUT2D eigenvalue weighted by Gasteiger charge is 2.52. The molecule has 0 aliphatic heterocycles. The second-order valence-electron chi connectivity index (χ2n) is 5.97. The van der Waals surface area contributed by atoms with E-state index in [4.69, 9.17) is 16.3 Å². The molecule has 1 fully saturated rings. The summed E-state index contributed by atoms with van der Waals surface area (Å²) in [6.07, 6.45) is 2.85. The molecular weight excluding hydrogens is 350 g/mol. The van der Waals surface area contributed by atoms with Crippen molar-refractivity contribution in [3.63, 3.8) is 0 Å². The molecule has 0 bridgehead atoms. The Morgan fingerprint density at radius 2 is 1.88 bits per heavy atom. The summed E-state index contributed by atoms with van der Waals surface area (Å²) in [5, 5.41) is 3.25. The van der Waals surface area contributed by atoms with Crippen LogP contribution in [-0.4, -0.2) is 38.8 Å². The van der Waals surface area contributed by atoms with Crippen molar-refractivity contribution < 1.29 is 17.9 Å². The number of sulfone groups is 1. The lowest BCUT2D eigenvalue weighted by molar-refractivity contribution is -0.123. The predicted molar refractivity (Wildman–Crippen MR) is 94.0 cm³/mol. The third kappa shape index (κ3) is 3.92. The van der Waals surface area contributed by atoms with Gasteiger partial charge in [0.15, 0.2) is 14.6 Å². The Morgan fingerprint density at radius 3 is 2.46 bits per heavy atom. The molecule has 1 aromatic rings. The SMILES string of the molecule is CCOCCCNC(=O)C1(S(=O)(=O)c2ccc(Cl)cc2)CCCC1. The number of ether oxygens (including phenoxy) is 1. The van der Waals surface area contributed by atoms with Crippen LogP contribution in [0.1, 0.15) is 39.0 Å². The largest absolute Gasteiger partial charge is 0.382 e. The molecule has 5 nitrogen and oxygen atoms in total. The van der Waals surface area contributed by atoms with E-state index in [1.807, 2.05) is 6.92 Å². The number of nitrogens with one attached hydrogen (secondary N) is 1. The minimum Gasteiger partial charge on any atom is -0.382 e. The van der Waals surface area contributed by atoms with Gasteiger partial charge in [0.05, 0.1) is 4.90 Å². The average Bonchev–Trinajstić information content (AvgIpc) is 3.06. The standard InChI is InChI=1S/C17H24ClNO4S/c1-2-23-13-5-12-19-16(20)17(10-3-4-11-17)24(21,22)15-8-6-14(18)7-9-15/h6-9H,2-5,10-13H2,1H3,(H,19,20). The van der Waals surface area contributed by atoms with Crippen LogP contribution in [0.25, 0.3) is 0 Å². The number of amides is 1. The number of benzene rings is 1. The lowest BCUT2D eigenvalue weighted by atomic mass is 10.1. The second-order valence-corrected chi connectivity index (χ2v) is 8.66. The molecule has 0 radical (unpaired) electrons. The zero-order chi connectivity index (χ0) is 17.6. The van der Waals surface area contributed by atoms with E-state index >= 15 is 0 Å². The molecule has 0 aromatic heterocycles. The van der Waals surface area contributed by atoms with Crippen molar-refractivity contribution in [3.05, 3.63) is 29.3 Å². The van der Waals surface area contributed by atoms with Gasteiger partial charge in [-0.25, -0.2) is 8.42 Å². The van der Waals surface area contributed by atoms with E-state index in [9.17, 15) is 13.2 Å². The molecule has 24 heavy (non-hydrogen) atoms. The first-order valence-corrected chi connectivity index (χ1v) is 10.2. The van der Waals surface area contributed by atoms with Crippen molar-refractivity contribution in [1.82, 2.24) is 5.32 Å². The molecule has 1 saturated carbocycles. The van der Waals surface area contributed by atoms with Gasteiger partial charge in [-0.15, -0.1) is 0 Å². The number of halogens is 1. The van der Waals surface area contributed by atoms with E-state index in [0.717, 1.165) is 12.8 Å². The van der Waals surface area contributed by atoms with Crippen LogP contribution in [-0.2, 0) is 19.4 Å². The van der Waals surface area contributed by atoms with Gasteiger partial charge in [0.1, 0.15) is 0 Å². The summed E-state index contributed by atoms with van der Waals surface area (Å²) in [7, 11) is -3.77. The fraction of sp³-hybridized carbons (Fsp3) is 0.588. The molecule has 0 saturated heterocycles. The second kappa shape index (κ2) is 8.32. The van der Waals surface area contributed by atoms with Crippen molar-refractivity contribution in [2.75, 3.05) is 19.8 Å². The minimum atomic E-state index is -3.77. The van der Waals surface area contributed by atoms with Gasteiger partial charge in [0, 0.05) is 24.8 Å². The summed E-state index contributed by atoms with van der Waals surface area (Å²) in [5.74, 6) is -0.397. The molecule has 0 unspecified atom stereocenters.